The van der Waals surface area contributed by atoms with Crippen molar-refractivity contribution in [1.29, 1.82) is 0 Å². The van der Waals surface area contributed by atoms with Crippen molar-refractivity contribution in [3.05, 3.63) is 97.1 Å². The third-order valence-electron chi connectivity index (χ3n) is 4.57. The average Bonchev–Trinajstić information content (AvgIpc) is 3.27. The number of fused-ring (bicyclic) bond motifs is 6. The second kappa shape index (κ2) is 6.08. The second-order valence-corrected chi connectivity index (χ2v) is 6.19. The van der Waals surface area contributed by atoms with Crippen LogP contribution in [-0.4, -0.2) is 0 Å². The number of hydrogen-bond acceptors (Lipinski definition) is 2. The van der Waals surface area contributed by atoms with Crippen LogP contribution in [0.25, 0.3) is 43.9 Å². The number of furan rings is 2. The molecule has 0 aliphatic heterocycles. The van der Waals surface area contributed by atoms with Crippen LogP contribution in [0.5, 0.6) is 0 Å². The molecule has 2 aromatic heterocycles. The molecule has 0 unspecified atom stereocenters. The van der Waals surface area contributed by atoms with Crippen LogP contribution in [-0.2, 0) is 0 Å². The van der Waals surface area contributed by atoms with Crippen LogP contribution in [0.3, 0.4) is 0 Å². The minimum atomic E-state index is 0.962. The molecular formula is C24H16O2. The smallest absolute Gasteiger partial charge is 0.135 e. The Balaban J connectivity index is 0.000000115. The van der Waals surface area contributed by atoms with E-state index >= 15 is 0 Å². The second-order valence-electron chi connectivity index (χ2n) is 6.19. The van der Waals surface area contributed by atoms with E-state index < -0.39 is 0 Å². The fourth-order valence-electron chi connectivity index (χ4n) is 3.35. The molecular weight excluding hydrogens is 320 g/mol. The zero-order chi connectivity index (χ0) is 17.3. The first-order valence-corrected chi connectivity index (χ1v) is 8.63. The summed E-state index contributed by atoms with van der Waals surface area (Å²) in [7, 11) is 0. The normalized spacial score (nSPS) is 11.1. The van der Waals surface area contributed by atoms with Gasteiger partial charge in [0.05, 0.1) is 0 Å². The van der Waals surface area contributed by atoms with Crippen molar-refractivity contribution in [1.82, 2.24) is 0 Å². The van der Waals surface area contributed by atoms with E-state index in [-0.39, 0.29) is 0 Å². The highest BCUT2D eigenvalue weighted by Crippen LogP contribution is 2.28. The Labute approximate surface area is 150 Å². The predicted octanol–water partition coefficient (Wildman–Crippen LogP) is 7.17. The summed E-state index contributed by atoms with van der Waals surface area (Å²) in [6, 6.07) is 32.4. The van der Waals surface area contributed by atoms with E-state index in [1.807, 2.05) is 72.8 Å². The van der Waals surface area contributed by atoms with Crippen LogP contribution in [0.4, 0.5) is 0 Å². The Hall–Kier alpha value is -3.52. The summed E-state index contributed by atoms with van der Waals surface area (Å²) in [5, 5.41) is 4.77. The summed E-state index contributed by atoms with van der Waals surface area (Å²) in [6.07, 6.45) is 0. The van der Waals surface area contributed by atoms with Gasteiger partial charge in [-0.3, -0.25) is 0 Å². The molecule has 0 aliphatic rings. The lowest BCUT2D eigenvalue weighted by Crippen LogP contribution is -1.62. The van der Waals surface area contributed by atoms with Crippen molar-refractivity contribution in [3.8, 4) is 0 Å². The topological polar surface area (TPSA) is 26.3 Å². The molecule has 0 spiro atoms. The number of hydrogen-bond donors (Lipinski definition) is 0. The predicted molar refractivity (Wildman–Crippen MR) is 107 cm³/mol. The number of benzene rings is 4. The van der Waals surface area contributed by atoms with Crippen molar-refractivity contribution in [2.75, 3.05) is 0 Å². The third-order valence-corrected chi connectivity index (χ3v) is 4.57. The summed E-state index contributed by atoms with van der Waals surface area (Å²) in [5.41, 5.74) is 3.85. The molecule has 0 bridgehead atoms. The first-order chi connectivity index (χ1) is 12.9. The van der Waals surface area contributed by atoms with Gasteiger partial charge in [0.25, 0.3) is 0 Å². The van der Waals surface area contributed by atoms with Crippen molar-refractivity contribution < 1.29 is 8.83 Å². The molecule has 0 saturated carbocycles. The van der Waals surface area contributed by atoms with Crippen LogP contribution >= 0.6 is 0 Å². The van der Waals surface area contributed by atoms with E-state index in [0.29, 0.717) is 0 Å². The van der Waals surface area contributed by atoms with E-state index in [1.165, 1.54) is 21.5 Å². The average molecular weight is 336 g/mol. The summed E-state index contributed by atoms with van der Waals surface area (Å²) < 4.78 is 11.3. The van der Waals surface area contributed by atoms with Crippen LogP contribution in [0.1, 0.15) is 0 Å². The van der Waals surface area contributed by atoms with Gasteiger partial charge in [-0.15, -0.1) is 0 Å². The molecule has 2 nitrogen and oxygen atoms in total. The maximum atomic E-state index is 5.65. The maximum absolute atomic E-state index is 5.65. The minimum Gasteiger partial charge on any atom is -0.456 e. The molecule has 6 rings (SSSR count). The maximum Gasteiger partial charge on any atom is 0.135 e. The minimum absolute atomic E-state index is 0.962. The molecule has 0 amide bonds. The van der Waals surface area contributed by atoms with Gasteiger partial charge in [0, 0.05) is 21.5 Å². The van der Waals surface area contributed by atoms with Gasteiger partial charge in [0.1, 0.15) is 22.3 Å². The first kappa shape index (κ1) is 14.8. The van der Waals surface area contributed by atoms with Gasteiger partial charge in [0.15, 0.2) is 0 Å². The fourth-order valence-corrected chi connectivity index (χ4v) is 3.35. The molecule has 2 heterocycles. The molecule has 0 radical (unpaired) electrons. The van der Waals surface area contributed by atoms with Gasteiger partial charge in [-0.1, -0.05) is 72.8 Å². The summed E-state index contributed by atoms with van der Waals surface area (Å²) in [6.45, 7) is 0. The van der Waals surface area contributed by atoms with Crippen molar-refractivity contribution in [3.63, 3.8) is 0 Å². The molecule has 2 heteroatoms. The zero-order valence-corrected chi connectivity index (χ0v) is 14.1. The zero-order valence-electron chi connectivity index (χ0n) is 14.1. The van der Waals surface area contributed by atoms with Crippen LogP contribution in [0.2, 0.25) is 0 Å². The van der Waals surface area contributed by atoms with E-state index in [9.17, 15) is 0 Å². The molecule has 0 fully saturated rings. The number of rotatable bonds is 0. The lowest BCUT2D eigenvalue weighted by Gasteiger charge is -1.85. The monoisotopic (exact) mass is 336 g/mol. The molecule has 0 aliphatic carbocycles. The van der Waals surface area contributed by atoms with Crippen LogP contribution in [0, 0.1) is 0 Å². The SMILES string of the molecule is c1ccc2c(c1)oc1ccccc12.c1ccc2c(c1)oc1ccccc12. The Morgan fingerprint density at radius 3 is 0.808 bits per heavy atom. The summed E-state index contributed by atoms with van der Waals surface area (Å²) in [4.78, 5) is 0. The highest BCUT2D eigenvalue weighted by atomic mass is 16.3. The molecule has 0 saturated heterocycles. The number of para-hydroxylation sites is 4. The Kier molecular flexibility index (Phi) is 3.46. The molecule has 4 aromatic carbocycles. The summed E-state index contributed by atoms with van der Waals surface area (Å²) >= 11 is 0. The molecule has 6 aromatic rings. The quantitative estimate of drug-likeness (QED) is 0.294. The lowest BCUT2D eigenvalue weighted by atomic mass is 10.2. The standard InChI is InChI=1S/2C12H8O/c2*1-3-7-11-9(5-1)10-6-2-4-8-12(10)13-11/h2*1-8H. The van der Waals surface area contributed by atoms with Gasteiger partial charge < -0.3 is 8.83 Å². The van der Waals surface area contributed by atoms with Gasteiger partial charge >= 0.3 is 0 Å². The molecule has 0 N–H and O–H groups in total. The van der Waals surface area contributed by atoms with Gasteiger partial charge in [-0.2, -0.15) is 0 Å². The third kappa shape index (κ3) is 2.44. The van der Waals surface area contributed by atoms with Crippen molar-refractivity contribution in [2.45, 2.75) is 0 Å². The first-order valence-electron chi connectivity index (χ1n) is 8.63. The van der Waals surface area contributed by atoms with E-state index in [0.717, 1.165) is 22.3 Å². The van der Waals surface area contributed by atoms with E-state index in [2.05, 4.69) is 24.3 Å². The largest absolute Gasteiger partial charge is 0.456 e. The Morgan fingerprint density at radius 2 is 0.538 bits per heavy atom. The summed E-state index contributed by atoms with van der Waals surface area (Å²) in [5.74, 6) is 0. The Morgan fingerprint density at radius 1 is 0.308 bits per heavy atom. The van der Waals surface area contributed by atoms with Gasteiger partial charge in [0.2, 0.25) is 0 Å². The highest BCUT2D eigenvalue weighted by molar-refractivity contribution is 6.05. The van der Waals surface area contributed by atoms with E-state index in [4.69, 9.17) is 8.83 Å². The van der Waals surface area contributed by atoms with Gasteiger partial charge in [-0.25, -0.2) is 0 Å². The van der Waals surface area contributed by atoms with Gasteiger partial charge in [-0.05, 0) is 24.3 Å². The van der Waals surface area contributed by atoms with E-state index in [1.54, 1.807) is 0 Å². The molecule has 124 valence electrons. The van der Waals surface area contributed by atoms with Crippen molar-refractivity contribution >= 4 is 43.9 Å². The lowest BCUT2D eigenvalue weighted by molar-refractivity contribution is 0.668. The molecule has 26 heavy (non-hydrogen) atoms. The Bertz CT molecular complexity index is 1130. The fraction of sp³-hybridized carbons (Fsp3) is 0. The highest BCUT2D eigenvalue weighted by Gasteiger charge is 2.04. The van der Waals surface area contributed by atoms with Crippen molar-refractivity contribution in [2.24, 2.45) is 0 Å². The van der Waals surface area contributed by atoms with Crippen LogP contribution in [0.15, 0.2) is 106 Å². The molecule has 0 atom stereocenters. The van der Waals surface area contributed by atoms with Crippen LogP contribution < -0.4 is 0 Å².